The number of piperidine rings is 1. The Labute approximate surface area is 135 Å². The lowest BCUT2D eigenvalue weighted by molar-refractivity contribution is 0.161. The summed E-state index contributed by atoms with van der Waals surface area (Å²) in [5.74, 6) is 1.60. The Kier molecular flexibility index (Phi) is 2.78. The molecule has 2 aliphatic carbocycles. The SMILES string of the molecule is C=C(c1n[nH]c2c1C1C[C@@H]1C2)N1CCC(N2CCNC2=O)CC1. The number of carbonyl (C=O) groups excluding carboxylic acids is 1. The van der Waals surface area contributed by atoms with Gasteiger partial charge in [0.15, 0.2) is 0 Å². The number of amides is 2. The van der Waals surface area contributed by atoms with Gasteiger partial charge < -0.3 is 15.1 Å². The summed E-state index contributed by atoms with van der Waals surface area (Å²) in [5.41, 5.74) is 4.95. The number of nitrogens with zero attached hydrogens (tertiary/aromatic N) is 3. The molecule has 2 amide bonds. The van der Waals surface area contributed by atoms with E-state index >= 15 is 0 Å². The third kappa shape index (κ3) is 2.00. The Morgan fingerprint density at radius 1 is 1.26 bits per heavy atom. The van der Waals surface area contributed by atoms with Gasteiger partial charge in [-0.25, -0.2) is 4.79 Å². The highest BCUT2D eigenvalue weighted by molar-refractivity contribution is 5.76. The lowest BCUT2D eigenvalue weighted by atomic mass is 10.0. The maximum atomic E-state index is 11.8. The van der Waals surface area contributed by atoms with E-state index in [0.29, 0.717) is 6.04 Å². The quantitative estimate of drug-likeness (QED) is 0.889. The van der Waals surface area contributed by atoms with Gasteiger partial charge in [0.25, 0.3) is 0 Å². The van der Waals surface area contributed by atoms with Crippen LogP contribution in [-0.4, -0.2) is 58.2 Å². The first-order valence-electron chi connectivity index (χ1n) is 8.78. The summed E-state index contributed by atoms with van der Waals surface area (Å²) in [6.45, 7) is 7.90. The molecule has 2 aliphatic heterocycles. The van der Waals surface area contributed by atoms with E-state index in [-0.39, 0.29) is 6.03 Å². The van der Waals surface area contributed by atoms with Gasteiger partial charge in [-0.15, -0.1) is 0 Å². The number of hydrogen-bond acceptors (Lipinski definition) is 3. The second-order valence-electron chi connectivity index (χ2n) is 7.36. The van der Waals surface area contributed by atoms with Crippen molar-refractivity contribution in [2.24, 2.45) is 5.92 Å². The van der Waals surface area contributed by atoms with Gasteiger partial charge in [-0.05, 0) is 37.5 Å². The van der Waals surface area contributed by atoms with Crippen LogP contribution in [0.15, 0.2) is 6.58 Å². The summed E-state index contributed by atoms with van der Waals surface area (Å²) in [4.78, 5) is 16.2. The molecule has 1 saturated carbocycles. The molecule has 23 heavy (non-hydrogen) atoms. The Hall–Kier alpha value is -1.98. The number of fused-ring (bicyclic) bond motifs is 3. The molecule has 122 valence electrons. The normalized spacial score (nSPS) is 29.5. The molecule has 1 unspecified atom stereocenters. The number of hydrogen-bond donors (Lipinski definition) is 2. The molecule has 4 aliphatic rings. The van der Waals surface area contributed by atoms with Gasteiger partial charge in [0, 0.05) is 43.5 Å². The third-order valence-electron chi connectivity index (χ3n) is 6.09. The van der Waals surface area contributed by atoms with Crippen LogP contribution in [0.4, 0.5) is 4.79 Å². The van der Waals surface area contributed by atoms with Gasteiger partial charge in [0.2, 0.25) is 0 Å². The zero-order chi connectivity index (χ0) is 15.6. The molecule has 1 aromatic heterocycles. The Bertz CT molecular complexity index is 673. The van der Waals surface area contributed by atoms with Crippen LogP contribution in [0.3, 0.4) is 0 Å². The molecule has 2 saturated heterocycles. The van der Waals surface area contributed by atoms with Crippen LogP contribution < -0.4 is 5.32 Å². The first kappa shape index (κ1) is 13.5. The second-order valence-corrected chi connectivity index (χ2v) is 7.36. The lowest BCUT2D eigenvalue weighted by Gasteiger charge is -2.37. The van der Waals surface area contributed by atoms with Crippen molar-refractivity contribution < 1.29 is 4.79 Å². The fourth-order valence-corrected chi connectivity index (χ4v) is 4.68. The number of carbonyl (C=O) groups is 1. The molecule has 2 atom stereocenters. The van der Waals surface area contributed by atoms with Crippen molar-refractivity contribution in [1.82, 2.24) is 25.3 Å². The Morgan fingerprint density at radius 2 is 2.09 bits per heavy atom. The van der Waals surface area contributed by atoms with Crippen molar-refractivity contribution in [1.29, 1.82) is 0 Å². The molecule has 0 spiro atoms. The maximum absolute atomic E-state index is 11.8. The van der Waals surface area contributed by atoms with Crippen LogP contribution in [0.25, 0.3) is 5.70 Å². The highest BCUT2D eigenvalue weighted by Gasteiger charge is 2.48. The van der Waals surface area contributed by atoms with Crippen LogP contribution in [-0.2, 0) is 6.42 Å². The molecule has 3 heterocycles. The molecular formula is C17H23N5O. The van der Waals surface area contributed by atoms with Gasteiger partial charge in [-0.1, -0.05) is 6.58 Å². The molecule has 6 nitrogen and oxygen atoms in total. The molecule has 0 aromatic carbocycles. The maximum Gasteiger partial charge on any atom is 0.317 e. The number of rotatable bonds is 3. The molecule has 5 rings (SSSR count). The van der Waals surface area contributed by atoms with E-state index in [4.69, 9.17) is 0 Å². The number of likely N-dealkylation sites (tertiary alicyclic amines) is 1. The fourth-order valence-electron chi connectivity index (χ4n) is 4.68. The topological polar surface area (TPSA) is 64.3 Å². The molecular weight excluding hydrogens is 290 g/mol. The van der Waals surface area contributed by atoms with Crippen molar-refractivity contribution in [3.05, 3.63) is 23.5 Å². The van der Waals surface area contributed by atoms with Gasteiger partial charge in [0.1, 0.15) is 5.69 Å². The minimum atomic E-state index is 0.104. The van der Waals surface area contributed by atoms with Gasteiger partial charge in [-0.3, -0.25) is 5.10 Å². The summed E-state index contributed by atoms with van der Waals surface area (Å²) in [6.07, 6.45) is 4.54. The smallest absolute Gasteiger partial charge is 0.317 e. The van der Waals surface area contributed by atoms with Gasteiger partial charge >= 0.3 is 6.03 Å². The van der Waals surface area contributed by atoms with Crippen LogP contribution in [0, 0.1) is 5.92 Å². The molecule has 1 aromatic rings. The summed E-state index contributed by atoms with van der Waals surface area (Å²) in [5, 5.41) is 10.7. The Morgan fingerprint density at radius 3 is 2.83 bits per heavy atom. The Balaban J connectivity index is 1.27. The number of aromatic amines is 1. The first-order valence-corrected chi connectivity index (χ1v) is 8.78. The number of urea groups is 1. The van der Waals surface area contributed by atoms with E-state index in [1.165, 1.54) is 24.1 Å². The molecule has 3 fully saturated rings. The summed E-state index contributed by atoms with van der Waals surface area (Å²) in [6, 6.07) is 0.478. The van der Waals surface area contributed by atoms with Crippen LogP contribution >= 0.6 is 0 Å². The zero-order valence-corrected chi connectivity index (χ0v) is 13.3. The minimum absolute atomic E-state index is 0.104. The number of H-pyrrole nitrogens is 1. The number of nitrogens with one attached hydrogen (secondary N) is 2. The molecule has 0 bridgehead atoms. The summed E-state index contributed by atoms with van der Waals surface area (Å²) in [7, 11) is 0. The van der Waals surface area contributed by atoms with Crippen LogP contribution in [0.1, 0.15) is 42.1 Å². The zero-order valence-electron chi connectivity index (χ0n) is 13.3. The monoisotopic (exact) mass is 313 g/mol. The highest BCUT2D eigenvalue weighted by Crippen LogP contribution is 2.57. The van der Waals surface area contributed by atoms with Gasteiger partial charge in [0.05, 0.1) is 5.70 Å². The first-order chi connectivity index (χ1) is 11.2. The third-order valence-corrected chi connectivity index (χ3v) is 6.09. The van der Waals surface area contributed by atoms with E-state index in [9.17, 15) is 4.79 Å². The van der Waals surface area contributed by atoms with E-state index < -0.39 is 0 Å². The van der Waals surface area contributed by atoms with Gasteiger partial charge in [-0.2, -0.15) is 5.10 Å². The second kappa shape index (κ2) is 4.76. The lowest BCUT2D eigenvalue weighted by Crippen LogP contribution is -2.45. The number of aromatic nitrogens is 2. The molecule has 0 radical (unpaired) electrons. The standard InChI is InChI=1S/C17H23N5O/c1-10(16-15-13-8-11(13)9-14(15)19-20-16)21-5-2-12(3-6-21)22-7-4-18-17(22)23/h11-13H,1-9H2,(H,18,23)(H,19,20)/t11-,13?/m1/s1. The fraction of sp³-hybridized carbons (Fsp3) is 0.647. The molecule has 2 N–H and O–H groups in total. The largest absolute Gasteiger partial charge is 0.370 e. The van der Waals surface area contributed by atoms with Crippen molar-refractivity contribution >= 4 is 11.7 Å². The van der Waals surface area contributed by atoms with Crippen molar-refractivity contribution in [2.45, 2.75) is 37.6 Å². The van der Waals surface area contributed by atoms with Crippen molar-refractivity contribution in [3.63, 3.8) is 0 Å². The van der Waals surface area contributed by atoms with Crippen LogP contribution in [0.5, 0.6) is 0 Å². The van der Waals surface area contributed by atoms with E-state index in [0.717, 1.165) is 62.2 Å². The van der Waals surface area contributed by atoms with E-state index in [2.05, 4.69) is 27.0 Å². The minimum Gasteiger partial charge on any atom is -0.370 e. The summed E-state index contributed by atoms with van der Waals surface area (Å²) < 4.78 is 0. The van der Waals surface area contributed by atoms with Crippen molar-refractivity contribution in [3.8, 4) is 0 Å². The van der Waals surface area contributed by atoms with E-state index in [1.807, 2.05) is 4.90 Å². The predicted octanol–water partition coefficient (Wildman–Crippen LogP) is 1.53. The van der Waals surface area contributed by atoms with Crippen LogP contribution in [0.2, 0.25) is 0 Å². The highest BCUT2D eigenvalue weighted by atomic mass is 16.2. The van der Waals surface area contributed by atoms with Crippen molar-refractivity contribution in [2.75, 3.05) is 26.2 Å². The summed E-state index contributed by atoms with van der Waals surface area (Å²) >= 11 is 0. The average Bonchev–Trinajstić information content (AvgIpc) is 2.92. The average molecular weight is 313 g/mol. The predicted molar refractivity (Wildman–Crippen MR) is 86.9 cm³/mol. The van der Waals surface area contributed by atoms with E-state index in [1.54, 1.807) is 0 Å². The molecule has 6 heteroatoms.